The van der Waals surface area contributed by atoms with Crippen LogP contribution >= 0.6 is 0 Å². The summed E-state index contributed by atoms with van der Waals surface area (Å²) < 4.78 is 37.2. The summed E-state index contributed by atoms with van der Waals surface area (Å²) in [5.41, 5.74) is 3.81. The van der Waals surface area contributed by atoms with E-state index in [1.165, 1.54) is 6.07 Å². The Balaban J connectivity index is 1.87. The highest BCUT2D eigenvalue weighted by Crippen LogP contribution is 2.44. The maximum Gasteiger partial charge on any atom is 0.306 e. The molecule has 3 heterocycles. The Kier molecular flexibility index (Phi) is 5.17. The van der Waals surface area contributed by atoms with Crippen LogP contribution in [0.2, 0.25) is 0 Å². The molecular weight excluding hydrogens is 416 g/mol. The Bertz CT molecular complexity index is 1320. The van der Waals surface area contributed by atoms with E-state index in [0.717, 1.165) is 22.1 Å². The molecule has 1 fully saturated rings. The van der Waals surface area contributed by atoms with E-state index in [2.05, 4.69) is 10.2 Å². The van der Waals surface area contributed by atoms with Crippen LogP contribution in [0, 0.1) is 12.7 Å². The monoisotopic (exact) mass is 439 g/mol. The predicted molar refractivity (Wildman–Crippen MR) is 117 cm³/mol. The van der Waals surface area contributed by atoms with Gasteiger partial charge in [0, 0.05) is 46.8 Å². The van der Waals surface area contributed by atoms with Crippen LogP contribution in [0.4, 0.5) is 8.78 Å². The molecule has 0 spiro atoms. The Morgan fingerprint density at radius 3 is 2.81 bits per heavy atom. The summed E-state index contributed by atoms with van der Waals surface area (Å²) >= 11 is 0. The zero-order valence-electron chi connectivity index (χ0n) is 17.6. The second-order valence-electron chi connectivity index (χ2n) is 8.35. The number of aryl methyl sites for hydroxylation is 1. The number of hydrogen-bond acceptors (Lipinski definition) is 3. The number of aromatic nitrogens is 3. The molecule has 0 bridgehead atoms. The van der Waals surface area contributed by atoms with E-state index < -0.39 is 18.6 Å². The van der Waals surface area contributed by atoms with Crippen molar-refractivity contribution in [2.24, 2.45) is 0 Å². The van der Waals surface area contributed by atoms with Crippen molar-refractivity contribution in [3.63, 3.8) is 0 Å². The second kappa shape index (κ2) is 8.02. The molecule has 0 unspecified atom stereocenters. The SMILES string of the molecule is Cc1cc(-n2c(C3CCOCC3)c([C@@H](F)CC(=O)O)c3cc4[nH]ncc4cc32)ccc1F. The van der Waals surface area contributed by atoms with Gasteiger partial charge in [0.05, 0.1) is 23.7 Å². The van der Waals surface area contributed by atoms with Gasteiger partial charge in [-0.1, -0.05) is 0 Å². The number of benzene rings is 2. The van der Waals surface area contributed by atoms with E-state index in [1.807, 2.05) is 16.7 Å². The average Bonchev–Trinajstić information content (AvgIpc) is 3.36. The zero-order valence-corrected chi connectivity index (χ0v) is 17.6. The van der Waals surface area contributed by atoms with Gasteiger partial charge in [-0.05, 0) is 55.7 Å². The van der Waals surface area contributed by atoms with E-state index in [9.17, 15) is 14.3 Å². The quantitative estimate of drug-likeness (QED) is 0.440. The number of fused-ring (bicyclic) bond motifs is 2. The predicted octanol–water partition coefficient (Wildman–Crippen LogP) is 5.33. The van der Waals surface area contributed by atoms with Gasteiger partial charge < -0.3 is 14.4 Å². The molecule has 2 aromatic carbocycles. The number of carboxylic acids is 1. The molecule has 5 rings (SSSR count). The fraction of sp³-hybridized carbons (Fsp3) is 0.333. The number of rotatable bonds is 5. The molecule has 1 aliphatic rings. The molecule has 166 valence electrons. The summed E-state index contributed by atoms with van der Waals surface area (Å²) in [5.74, 6) is -1.53. The van der Waals surface area contributed by atoms with Crippen molar-refractivity contribution in [2.45, 2.75) is 38.3 Å². The molecule has 0 radical (unpaired) electrons. The van der Waals surface area contributed by atoms with E-state index >= 15 is 4.39 Å². The third-order valence-electron chi connectivity index (χ3n) is 6.28. The Morgan fingerprint density at radius 2 is 2.09 bits per heavy atom. The minimum Gasteiger partial charge on any atom is -0.481 e. The molecule has 32 heavy (non-hydrogen) atoms. The van der Waals surface area contributed by atoms with Gasteiger partial charge in [0.2, 0.25) is 0 Å². The molecular formula is C24H23F2N3O3. The number of alkyl halides is 1. The minimum absolute atomic E-state index is 0.0139. The topological polar surface area (TPSA) is 80.1 Å². The van der Waals surface area contributed by atoms with Crippen LogP contribution in [0.5, 0.6) is 0 Å². The van der Waals surface area contributed by atoms with E-state index in [0.29, 0.717) is 48.3 Å². The summed E-state index contributed by atoms with van der Waals surface area (Å²) in [6.07, 6.45) is 0.778. The first kappa shape index (κ1) is 20.6. The number of nitrogens with zero attached hydrogens (tertiary/aromatic N) is 2. The van der Waals surface area contributed by atoms with Gasteiger partial charge in [-0.3, -0.25) is 9.89 Å². The standard InChI is InChI=1S/C24H23F2N3O3/c1-13-8-16(2-3-18(13)25)29-21-9-15-12-27-28-20(15)10-17(21)23(19(26)11-22(30)31)24(29)14-4-6-32-7-5-14/h2-3,8-10,12,14,19H,4-7,11H2,1H3,(H,27,28)(H,30,31)/t19-/m0/s1. The van der Waals surface area contributed by atoms with Gasteiger partial charge in [-0.15, -0.1) is 0 Å². The lowest BCUT2D eigenvalue weighted by Crippen LogP contribution is -2.19. The maximum atomic E-state index is 15.6. The van der Waals surface area contributed by atoms with Gasteiger partial charge in [0.25, 0.3) is 0 Å². The molecule has 0 aliphatic carbocycles. The summed E-state index contributed by atoms with van der Waals surface area (Å²) in [6.45, 7) is 2.79. The second-order valence-corrected chi connectivity index (χ2v) is 8.35. The summed E-state index contributed by atoms with van der Waals surface area (Å²) in [7, 11) is 0. The zero-order chi connectivity index (χ0) is 22.4. The van der Waals surface area contributed by atoms with Crippen LogP contribution in [0.3, 0.4) is 0 Å². The summed E-state index contributed by atoms with van der Waals surface area (Å²) in [4.78, 5) is 11.4. The number of carbonyl (C=O) groups is 1. The summed E-state index contributed by atoms with van der Waals surface area (Å²) in [6, 6.07) is 8.58. The first-order valence-corrected chi connectivity index (χ1v) is 10.7. The van der Waals surface area contributed by atoms with Crippen molar-refractivity contribution in [3.8, 4) is 5.69 Å². The molecule has 1 aliphatic heterocycles. The number of H-pyrrole nitrogens is 1. The Hall–Kier alpha value is -3.26. The molecule has 1 saturated heterocycles. The van der Waals surface area contributed by atoms with Gasteiger partial charge in [0.15, 0.2) is 0 Å². The highest BCUT2D eigenvalue weighted by atomic mass is 19.1. The van der Waals surface area contributed by atoms with Gasteiger partial charge in [-0.25, -0.2) is 8.78 Å². The molecule has 1 atom stereocenters. The molecule has 0 amide bonds. The Labute approximate surface area is 182 Å². The number of halogens is 2. The van der Waals surface area contributed by atoms with Gasteiger partial charge >= 0.3 is 5.97 Å². The first-order valence-electron chi connectivity index (χ1n) is 10.7. The fourth-order valence-electron chi connectivity index (χ4n) is 4.77. The van der Waals surface area contributed by atoms with Crippen LogP contribution in [0.1, 0.15) is 48.2 Å². The first-order chi connectivity index (χ1) is 15.4. The van der Waals surface area contributed by atoms with Crippen molar-refractivity contribution in [3.05, 3.63) is 59.2 Å². The van der Waals surface area contributed by atoms with Crippen molar-refractivity contribution < 1.29 is 23.4 Å². The third-order valence-corrected chi connectivity index (χ3v) is 6.28. The van der Waals surface area contributed by atoms with Crippen LogP contribution in [-0.4, -0.2) is 39.1 Å². The van der Waals surface area contributed by atoms with Crippen molar-refractivity contribution >= 4 is 27.8 Å². The molecule has 6 nitrogen and oxygen atoms in total. The lowest BCUT2D eigenvalue weighted by Gasteiger charge is -2.26. The highest BCUT2D eigenvalue weighted by Gasteiger charge is 2.32. The fourth-order valence-corrected chi connectivity index (χ4v) is 4.77. The minimum atomic E-state index is -1.68. The van der Waals surface area contributed by atoms with Crippen LogP contribution in [0.15, 0.2) is 36.5 Å². The van der Waals surface area contributed by atoms with Crippen molar-refractivity contribution in [2.75, 3.05) is 13.2 Å². The lowest BCUT2D eigenvalue weighted by atomic mass is 9.90. The van der Waals surface area contributed by atoms with Crippen molar-refractivity contribution in [1.29, 1.82) is 0 Å². The van der Waals surface area contributed by atoms with Crippen LogP contribution in [-0.2, 0) is 9.53 Å². The number of aliphatic carboxylic acids is 1. The Morgan fingerprint density at radius 1 is 1.31 bits per heavy atom. The molecule has 2 N–H and O–H groups in total. The van der Waals surface area contributed by atoms with Crippen LogP contribution < -0.4 is 0 Å². The van der Waals surface area contributed by atoms with Crippen molar-refractivity contribution in [1.82, 2.24) is 14.8 Å². The number of hydrogen-bond donors (Lipinski definition) is 2. The van der Waals surface area contributed by atoms with Gasteiger partial charge in [-0.2, -0.15) is 5.10 Å². The number of ether oxygens (including phenoxy) is 1. The largest absolute Gasteiger partial charge is 0.481 e. The molecule has 4 aromatic rings. The van der Waals surface area contributed by atoms with E-state index in [4.69, 9.17) is 4.74 Å². The summed E-state index contributed by atoms with van der Waals surface area (Å²) in [5, 5.41) is 17.8. The number of carboxylic acid groups (broad SMARTS) is 1. The van der Waals surface area contributed by atoms with Gasteiger partial charge in [0.1, 0.15) is 12.0 Å². The number of aromatic amines is 1. The molecule has 2 aromatic heterocycles. The maximum absolute atomic E-state index is 15.6. The normalized spacial score (nSPS) is 16.1. The lowest BCUT2D eigenvalue weighted by molar-refractivity contribution is -0.138. The smallest absolute Gasteiger partial charge is 0.306 e. The molecule has 0 saturated carbocycles. The van der Waals surface area contributed by atoms with E-state index in [-0.39, 0.29) is 11.7 Å². The van der Waals surface area contributed by atoms with Crippen LogP contribution in [0.25, 0.3) is 27.5 Å². The molecule has 8 heteroatoms. The van der Waals surface area contributed by atoms with E-state index in [1.54, 1.807) is 25.3 Å². The average molecular weight is 439 g/mol. The third kappa shape index (κ3) is 3.44. The highest BCUT2D eigenvalue weighted by molar-refractivity contribution is 5.99. The number of nitrogens with one attached hydrogen (secondary N) is 1.